The fourth-order valence-corrected chi connectivity index (χ4v) is 1.03. The Morgan fingerprint density at radius 1 is 1.67 bits per heavy atom. The summed E-state index contributed by atoms with van der Waals surface area (Å²) in [6.45, 7) is 0. The molecule has 0 amide bonds. The van der Waals surface area contributed by atoms with Crippen LogP contribution in [0.4, 0.5) is 0 Å². The SMILES string of the molecule is BrC1=[C]CCC1. The van der Waals surface area contributed by atoms with E-state index in [1.54, 1.807) is 0 Å². The molecule has 0 aromatic carbocycles. The molecular formula is C5H6Br. The summed E-state index contributed by atoms with van der Waals surface area (Å²) in [4.78, 5) is 0. The lowest BCUT2D eigenvalue weighted by atomic mass is 10.4. The Labute approximate surface area is 46.4 Å². The van der Waals surface area contributed by atoms with Crippen molar-refractivity contribution in [2.75, 3.05) is 0 Å². The van der Waals surface area contributed by atoms with Gasteiger partial charge in [-0.15, -0.1) is 0 Å². The molecule has 0 fully saturated rings. The topological polar surface area (TPSA) is 0 Å². The molecule has 1 radical (unpaired) electrons. The number of rotatable bonds is 0. The van der Waals surface area contributed by atoms with Gasteiger partial charge >= 0.3 is 0 Å². The minimum atomic E-state index is 1.15. The summed E-state index contributed by atoms with van der Waals surface area (Å²) in [5.41, 5.74) is 0. The first-order chi connectivity index (χ1) is 2.89. The highest BCUT2D eigenvalue weighted by Crippen LogP contribution is 2.20. The lowest BCUT2D eigenvalue weighted by Gasteiger charge is -1.76. The Hall–Kier alpha value is 0.220. The Bertz CT molecular complexity index is 74.0. The van der Waals surface area contributed by atoms with E-state index in [4.69, 9.17) is 0 Å². The average Bonchev–Trinajstić information content (AvgIpc) is 1.86. The third-order valence-electron chi connectivity index (χ3n) is 0.890. The van der Waals surface area contributed by atoms with Crippen molar-refractivity contribution in [1.29, 1.82) is 0 Å². The summed E-state index contributed by atoms with van der Waals surface area (Å²) >= 11 is 3.34. The fraction of sp³-hybridized carbons (Fsp3) is 0.600. The Balaban J connectivity index is 2.45. The summed E-state index contributed by atoms with van der Waals surface area (Å²) < 4.78 is 1.27. The van der Waals surface area contributed by atoms with Crippen molar-refractivity contribution in [1.82, 2.24) is 0 Å². The zero-order valence-electron chi connectivity index (χ0n) is 3.50. The second kappa shape index (κ2) is 1.78. The first-order valence-corrected chi connectivity index (χ1v) is 2.94. The predicted octanol–water partition coefficient (Wildman–Crippen LogP) is 2.25. The summed E-state index contributed by atoms with van der Waals surface area (Å²) in [6.07, 6.45) is 6.81. The molecule has 1 aliphatic rings. The van der Waals surface area contributed by atoms with E-state index in [1.807, 2.05) is 0 Å². The molecule has 0 atom stereocenters. The molecule has 0 saturated carbocycles. The maximum absolute atomic E-state index is 3.34. The molecule has 0 saturated heterocycles. The maximum atomic E-state index is 3.34. The summed E-state index contributed by atoms with van der Waals surface area (Å²) in [7, 11) is 0. The molecule has 1 heteroatoms. The van der Waals surface area contributed by atoms with Crippen LogP contribution in [0.5, 0.6) is 0 Å². The van der Waals surface area contributed by atoms with Gasteiger partial charge in [-0.2, -0.15) is 0 Å². The normalized spacial score (nSPS) is 21.2. The molecule has 0 N–H and O–H groups in total. The van der Waals surface area contributed by atoms with Crippen molar-refractivity contribution >= 4 is 15.9 Å². The smallest absolute Gasteiger partial charge is 0.00142 e. The average molecular weight is 146 g/mol. The van der Waals surface area contributed by atoms with Crippen molar-refractivity contribution in [3.05, 3.63) is 10.6 Å². The van der Waals surface area contributed by atoms with E-state index >= 15 is 0 Å². The van der Waals surface area contributed by atoms with Crippen LogP contribution in [-0.4, -0.2) is 0 Å². The highest BCUT2D eigenvalue weighted by atomic mass is 79.9. The van der Waals surface area contributed by atoms with Gasteiger partial charge in [-0.05, 0) is 29.8 Å². The van der Waals surface area contributed by atoms with E-state index in [9.17, 15) is 0 Å². The summed E-state index contributed by atoms with van der Waals surface area (Å²) in [5.74, 6) is 0. The van der Waals surface area contributed by atoms with E-state index in [1.165, 1.54) is 17.3 Å². The number of halogens is 1. The van der Waals surface area contributed by atoms with Gasteiger partial charge in [0.1, 0.15) is 0 Å². The molecule has 1 rings (SSSR count). The molecular weight excluding hydrogens is 140 g/mol. The van der Waals surface area contributed by atoms with E-state index in [-0.39, 0.29) is 0 Å². The molecule has 0 aromatic rings. The van der Waals surface area contributed by atoms with Crippen LogP contribution >= 0.6 is 15.9 Å². The van der Waals surface area contributed by atoms with Crippen LogP contribution in [0.15, 0.2) is 4.48 Å². The molecule has 0 heterocycles. The number of hydrogen-bond donors (Lipinski definition) is 0. The van der Waals surface area contributed by atoms with Gasteiger partial charge in [-0.1, -0.05) is 15.9 Å². The minimum absolute atomic E-state index is 1.15. The molecule has 0 unspecified atom stereocenters. The van der Waals surface area contributed by atoms with Gasteiger partial charge < -0.3 is 0 Å². The molecule has 0 nitrogen and oxygen atoms in total. The second-order valence-corrected chi connectivity index (χ2v) is 2.39. The second-order valence-electron chi connectivity index (χ2n) is 1.44. The van der Waals surface area contributed by atoms with E-state index in [0.717, 1.165) is 6.42 Å². The molecule has 0 aliphatic heterocycles. The van der Waals surface area contributed by atoms with Gasteiger partial charge in [0, 0.05) is 0 Å². The van der Waals surface area contributed by atoms with Crippen LogP contribution < -0.4 is 0 Å². The third kappa shape index (κ3) is 0.839. The van der Waals surface area contributed by atoms with Crippen LogP contribution in [-0.2, 0) is 0 Å². The highest BCUT2D eigenvalue weighted by molar-refractivity contribution is 9.11. The van der Waals surface area contributed by atoms with Crippen LogP contribution in [0.2, 0.25) is 0 Å². The molecule has 33 valence electrons. The van der Waals surface area contributed by atoms with E-state index < -0.39 is 0 Å². The lowest BCUT2D eigenvalue weighted by Crippen LogP contribution is -1.55. The standard InChI is InChI=1S/C5H6Br/c6-5-3-1-2-4-5/h1-3H2. The van der Waals surface area contributed by atoms with Crippen LogP contribution in [0.25, 0.3) is 0 Å². The van der Waals surface area contributed by atoms with Gasteiger partial charge in [-0.3, -0.25) is 0 Å². The van der Waals surface area contributed by atoms with E-state index in [0.29, 0.717) is 0 Å². The zero-order chi connectivity index (χ0) is 4.41. The van der Waals surface area contributed by atoms with Gasteiger partial charge in [0.05, 0.1) is 0 Å². The predicted molar refractivity (Wildman–Crippen MR) is 29.5 cm³/mol. The molecule has 0 aromatic heterocycles. The largest absolute Gasteiger partial charge is 0.0553 e. The van der Waals surface area contributed by atoms with Crippen LogP contribution in [0, 0.1) is 6.08 Å². The first-order valence-electron chi connectivity index (χ1n) is 2.15. The van der Waals surface area contributed by atoms with Gasteiger partial charge in [-0.25, -0.2) is 0 Å². The van der Waals surface area contributed by atoms with Crippen LogP contribution in [0.3, 0.4) is 0 Å². The zero-order valence-corrected chi connectivity index (χ0v) is 5.09. The number of allylic oxidation sites excluding steroid dienone is 2. The Kier molecular flexibility index (Phi) is 1.30. The first kappa shape index (κ1) is 4.38. The van der Waals surface area contributed by atoms with Gasteiger partial charge in [0.25, 0.3) is 0 Å². The number of hydrogen-bond acceptors (Lipinski definition) is 0. The van der Waals surface area contributed by atoms with Crippen LogP contribution in [0.1, 0.15) is 19.3 Å². The monoisotopic (exact) mass is 145 g/mol. The van der Waals surface area contributed by atoms with Gasteiger partial charge in [0.2, 0.25) is 0 Å². The minimum Gasteiger partial charge on any atom is -0.0553 e. The molecule has 6 heavy (non-hydrogen) atoms. The molecule has 1 aliphatic carbocycles. The van der Waals surface area contributed by atoms with Crippen molar-refractivity contribution in [3.8, 4) is 0 Å². The summed E-state index contributed by atoms with van der Waals surface area (Å²) in [6, 6.07) is 0. The van der Waals surface area contributed by atoms with Crippen molar-refractivity contribution in [2.24, 2.45) is 0 Å². The molecule has 0 spiro atoms. The van der Waals surface area contributed by atoms with Crippen molar-refractivity contribution in [2.45, 2.75) is 19.3 Å². The summed E-state index contributed by atoms with van der Waals surface area (Å²) in [5, 5.41) is 0. The Morgan fingerprint density at radius 3 is 2.67 bits per heavy atom. The maximum Gasteiger partial charge on any atom is -0.00142 e. The quantitative estimate of drug-likeness (QED) is 0.491. The highest BCUT2D eigenvalue weighted by Gasteiger charge is 1.97. The van der Waals surface area contributed by atoms with Gasteiger partial charge in [0.15, 0.2) is 0 Å². The fourth-order valence-electron chi connectivity index (χ4n) is 0.556. The Morgan fingerprint density at radius 2 is 2.50 bits per heavy atom. The molecule has 0 bridgehead atoms. The lowest BCUT2D eigenvalue weighted by molar-refractivity contribution is 0.919. The van der Waals surface area contributed by atoms with Crippen molar-refractivity contribution in [3.63, 3.8) is 0 Å². The van der Waals surface area contributed by atoms with Crippen molar-refractivity contribution < 1.29 is 0 Å². The van der Waals surface area contributed by atoms with E-state index in [2.05, 4.69) is 22.0 Å². The third-order valence-corrected chi connectivity index (χ3v) is 1.57.